The maximum atomic E-state index is 13.4. The standard InChI is InChI=1S/C28H34N6O/c1-2-3-9-18-33-20-26(23-10-5-4-6-11-23)34(28(33)35)19-21-14-16-22(17-15-21)24-12-7-8-13-25(24)27-29-31-32-30-27/h7-8,12-17,20,23H,2-6,9-11,18-19H2,1H3,(H,29,30,31,32). The van der Waals surface area contributed by atoms with Gasteiger partial charge in [0, 0.05) is 29.9 Å². The highest BCUT2D eigenvalue weighted by molar-refractivity contribution is 5.80. The minimum atomic E-state index is 0.133. The van der Waals surface area contributed by atoms with Gasteiger partial charge in [0.25, 0.3) is 0 Å². The van der Waals surface area contributed by atoms with Crippen LogP contribution in [0.2, 0.25) is 0 Å². The largest absolute Gasteiger partial charge is 0.328 e. The van der Waals surface area contributed by atoms with Crippen LogP contribution in [0.15, 0.2) is 59.5 Å². The smallest absolute Gasteiger partial charge is 0.299 e. The first-order chi connectivity index (χ1) is 17.2. The zero-order valence-electron chi connectivity index (χ0n) is 20.5. The van der Waals surface area contributed by atoms with E-state index in [4.69, 9.17) is 0 Å². The normalized spacial score (nSPS) is 14.4. The molecule has 0 spiro atoms. The van der Waals surface area contributed by atoms with E-state index in [-0.39, 0.29) is 5.69 Å². The van der Waals surface area contributed by atoms with Crippen molar-refractivity contribution in [3.05, 3.63) is 76.5 Å². The molecule has 5 rings (SSSR count). The van der Waals surface area contributed by atoms with E-state index in [0.717, 1.165) is 48.1 Å². The average molecular weight is 471 g/mol. The zero-order valence-corrected chi connectivity index (χ0v) is 20.5. The first kappa shape index (κ1) is 23.3. The molecule has 1 fully saturated rings. The highest BCUT2D eigenvalue weighted by Gasteiger charge is 2.22. The van der Waals surface area contributed by atoms with Gasteiger partial charge in [0.1, 0.15) is 0 Å². The van der Waals surface area contributed by atoms with Crippen LogP contribution >= 0.6 is 0 Å². The molecule has 4 aromatic rings. The van der Waals surface area contributed by atoms with Crippen LogP contribution < -0.4 is 5.69 Å². The lowest BCUT2D eigenvalue weighted by Crippen LogP contribution is -2.26. The van der Waals surface area contributed by atoms with Gasteiger partial charge in [0.2, 0.25) is 5.82 Å². The molecule has 0 aliphatic heterocycles. The number of benzene rings is 2. The molecular weight excluding hydrogens is 436 g/mol. The number of aromatic amines is 1. The second-order valence-electron chi connectivity index (χ2n) is 9.64. The van der Waals surface area contributed by atoms with Crippen molar-refractivity contribution in [2.75, 3.05) is 0 Å². The van der Waals surface area contributed by atoms with Gasteiger partial charge in [-0.05, 0) is 41.2 Å². The number of nitrogens with one attached hydrogen (secondary N) is 1. The summed E-state index contributed by atoms with van der Waals surface area (Å²) in [5.74, 6) is 1.07. The lowest BCUT2D eigenvalue weighted by atomic mass is 9.87. The fraction of sp³-hybridized carbons (Fsp3) is 0.429. The van der Waals surface area contributed by atoms with Crippen LogP contribution in [0, 0.1) is 0 Å². The predicted molar refractivity (Wildman–Crippen MR) is 138 cm³/mol. The van der Waals surface area contributed by atoms with Crippen LogP contribution in [0.4, 0.5) is 0 Å². The number of nitrogens with zero attached hydrogens (tertiary/aromatic N) is 5. The fourth-order valence-corrected chi connectivity index (χ4v) is 5.30. The molecule has 0 saturated heterocycles. The van der Waals surface area contributed by atoms with Gasteiger partial charge in [-0.3, -0.25) is 9.13 Å². The Labute approximate surface area is 206 Å². The molecule has 7 heteroatoms. The summed E-state index contributed by atoms with van der Waals surface area (Å²) in [6, 6.07) is 16.6. The number of H-pyrrole nitrogens is 1. The third kappa shape index (κ3) is 5.14. The third-order valence-corrected chi connectivity index (χ3v) is 7.22. The number of hydrogen-bond donors (Lipinski definition) is 1. The van der Waals surface area contributed by atoms with Crippen molar-refractivity contribution in [1.29, 1.82) is 0 Å². The summed E-state index contributed by atoms with van der Waals surface area (Å²) in [6.45, 7) is 3.62. The second-order valence-corrected chi connectivity index (χ2v) is 9.64. The number of unbranched alkanes of at least 4 members (excludes halogenated alkanes) is 2. The zero-order chi connectivity index (χ0) is 24.0. The average Bonchev–Trinajstić information content (AvgIpc) is 3.55. The van der Waals surface area contributed by atoms with E-state index in [1.165, 1.54) is 37.8 Å². The Morgan fingerprint density at radius 3 is 2.46 bits per heavy atom. The summed E-state index contributed by atoms with van der Waals surface area (Å²) < 4.78 is 3.99. The van der Waals surface area contributed by atoms with E-state index < -0.39 is 0 Å². The molecule has 7 nitrogen and oxygen atoms in total. The summed E-state index contributed by atoms with van der Waals surface area (Å²) in [5, 5.41) is 14.5. The Kier molecular flexibility index (Phi) is 7.21. The molecule has 0 amide bonds. The van der Waals surface area contributed by atoms with Crippen molar-refractivity contribution < 1.29 is 0 Å². The van der Waals surface area contributed by atoms with Crippen LogP contribution in [0.1, 0.15) is 75.5 Å². The van der Waals surface area contributed by atoms with Gasteiger partial charge in [-0.2, -0.15) is 5.21 Å². The Bertz CT molecular complexity index is 1280. The van der Waals surface area contributed by atoms with Crippen LogP contribution in [-0.2, 0) is 13.1 Å². The molecule has 2 aromatic carbocycles. The van der Waals surface area contributed by atoms with Crippen LogP contribution in [0.25, 0.3) is 22.5 Å². The molecule has 0 unspecified atom stereocenters. The topological polar surface area (TPSA) is 81.4 Å². The van der Waals surface area contributed by atoms with Crippen LogP contribution in [-0.4, -0.2) is 29.8 Å². The Morgan fingerprint density at radius 2 is 1.74 bits per heavy atom. The molecule has 1 aliphatic carbocycles. The van der Waals surface area contributed by atoms with Crippen molar-refractivity contribution in [2.24, 2.45) is 0 Å². The lowest BCUT2D eigenvalue weighted by molar-refractivity contribution is 0.425. The first-order valence-corrected chi connectivity index (χ1v) is 13.0. The fourth-order valence-electron chi connectivity index (χ4n) is 5.30. The molecule has 2 heterocycles. The first-order valence-electron chi connectivity index (χ1n) is 13.0. The molecule has 0 atom stereocenters. The maximum Gasteiger partial charge on any atom is 0.328 e. The summed E-state index contributed by atoms with van der Waals surface area (Å²) >= 11 is 0. The molecule has 1 N–H and O–H groups in total. The van der Waals surface area contributed by atoms with Crippen molar-refractivity contribution in [3.63, 3.8) is 0 Å². The van der Waals surface area contributed by atoms with E-state index in [2.05, 4.69) is 64.1 Å². The van der Waals surface area contributed by atoms with Gasteiger partial charge in [-0.1, -0.05) is 87.6 Å². The van der Waals surface area contributed by atoms with Crippen molar-refractivity contribution in [1.82, 2.24) is 29.8 Å². The van der Waals surface area contributed by atoms with E-state index in [1.54, 1.807) is 0 Å². The molecule has 1 saturated carbocycles. The van der Waals surface area contributed by atoms with E-state index in [1.807, 2.05) is 27.3 Å². The van der Waals surface area contributed by atoms with Gasteiger partial charge in [0.05, 0.1) is 6.54 Å². The molecule has 182 valence electrons. The molecule has 0 bridgehead atoms. The van der Waals surface area contributed by atoms with Gasteiger partial charge in [0.15, 0.2) is 0 Å². The Hall–Kier alpha value is -3.48. The number of aromatic nitrogens is 6. The summed E-state index contributed by atoms with van der Waals surface area (Å²) in [6.07, 6.45) is 11.7. The molecule has 0 radical (unpaired) electrons. The van der Waals surface area contributed by atoms with Gasteiger partial charge < -0.3 is 0 Å². The molecular formula is C28H34N6O. The van der Waals surface area contributed by atoms with Crippen LogP contribution in [0.5, 0.6) is 0 Å². The molecule has 2 aromatic heterocycles. The highest BCUT2D eigenvalue weighted by Crippen LogP contribution is 2.33. The summed E-state index contributed by atoms with van der Waals surface area (Å²) in [5.41, 5.74) is 5.57. The molecule has 35 heavy (non-hydrogen) atoms. The summed E-state index contributed by atoms with van der Waals surface area (Å²) in [7, 11) is 0. The Morgan fingerprint density at radius 1 is 0.971 bits per heavy atom. The van der Waals surface area contributed by atoms with Gasteiger partial charge >= 0.3 is 5.69 Å². The molecule has 1 aliphatic rings. The number of hydrogen-bond acceptors (Lipinski definition) is 4. The number of rotatable bonds is 9. The minimum Gasteiger partial charge on any atom is -0.299 e. The maximum absolute atomic E-state index is 13.4. The van der Waals surface area contributed by atoms with Gasteiger partial charge in [-0.25, -0.2) is 4.79 Å². The number of tetrazole rings is 1. The quantitative estimate of drug-likeness (QED) is 0.314. The highest BCUT2D eigenvalue weighted by atomic mass is 16.1. The Balaban J connectivity index is 1.42. The number of aryl methyl sites for hydroxylation is 1. The SMILES string of the molecule is CCCCCn1cc(C2CCCCC2)n(Cc2ccc(-c3ccccc3-c3nn[nH]n3)cc2)c1=O. The van der Waals surface area contributed by atoms with E-state index in [0.29, 0.717) is 18.3 Å². The second kappa shape index (κ2) is 10.8. The van der Waals surface area contributed by atoms with Gasteiger partial charge in [-0.15, -0.1) is 10.2 Å². The predicted octanol–water partition coefficient (Wildman–Crippen LogP) is 5.78. The van der Waals surface area contributed by atoms with E-state index >= 15 is 0 Å². The summed E-state index contributed by atoms with van der Waals surface area (Å²) in [4.78, 5) is 13.4. The number of imidazole rings is 1. The third-order valence-electron chi connectivity index (χ3n) is 7.22. The minimum absolute atomic E-state index is 0.133. The monoisotopic (exact) mass is 470 g/mol. The lowest BCUT2D eigenvalue weighted by Gasteiger charge is -2.22. The van der Waals surface area contributed by atoms with E-state index in [9.17, 15) is 4.79 Å². The van der Waals surface area contributed by atoms with Crippen LogP contribution in [0.3, 0.4) is 0 Å². The van der Waals surface area contributed by atoms with Crippen molar-refractivity contribution in [2.45, 2.75) is 77.3 Å². The van der Waals surface area contributed by atoms with Crippen molar-refractivity contribution >= 4 is 0 Å². The van der Waals surface area contributed by atoms with Crippen molar-refractivity contribution in [3.8, 4) is 22.5 Å².